The van der Waals surface area contributed by atoms with Gasteiger partial charge in [0.2, 0.25) is 0 Å². The second kappa shape index (κ2) is 6.10. The van der Waals surface area contributed by atoms with E-state index in [1.807, 2.05) is 18.2 Å². The van der Waals surface area contributed by atoms with Gasteiger partial charge in [-0.3, -0.25) is 0 Å². The fourth-order valence-corrected chi connectivity index (χ4v) is 1.88. The van der Waals surface area contributed by atoms with E-state index in [9.17, 15) is 0 Å². The van der Waals surface area contributed by atoms with E-state index >= 15 is 0 Å². The quantitative estimate of drug-likeness (QED) is 0.870. The number of rotatable bonds is 4. The largest absolute Gasteiger partial charge is 0.401 e. The number of hydrogen-bond donors (Lipinski definition) is 2. The van der Waals surface area contributed by atoms with Crippen LogP contribution in [-0.2, 0) is 0 Å². The van der Waals surface area contributed by atoms with Crippen molar-refractivity contribution < 1.29 is 0 Å². The molecule has 0 heterocycles. The van der Waals surface area contributed by atoms with E-state index in [0.29, 0.717) is 6.54 Å². The topological polar surface area (TPSA) is 38.0 Å². The van der Waals surface area contributed by atoms with E-state index in [1.54, 1.807) is 0 Å². The molecular formula is C17H20N2. The summed E-state index contributed by atoms with van der Waals surface area (Å²) in [5.41, 5.74) is 11.6. The van der Waals surface area contributed by atoms with E-state index in [2.05, 4.69) is 55.6 Å². The van der Waals surface area contributed by atoms with E-state index in [-0.39, 0.29) is 0 Å². The fraction of sp³-hybridized carbons (Fsp3) is 0.176. The molecule has 0 atom stereocenters. The lowest BCUT2D eigenvalue weighted by molar-refractivity contribution is 1.18. The van der Waals surface area contributed by atoms with Gasteiger partial charge in [-0.15, -0.1) is 0 Å². The molecule has 0 saturated carbocycles. The van der Waals surface area contributed by atoms with E-state index in [1.165, 1.54) is 16.7 Å². The Morgan fingerprint density at radius 1 is 1.05 bits per heavy atom. The summed E-state index contributed by atoms with van der Waals surface area (Å²) in [6.07, 6.45) is 2.02. The molecule has 0 spiro atoms. The number of nitrogens with one attached hydrogen (secondary N) is 1. The molecule has 0 fully saturated rings. The molecule has 19 heavy (non-hydrogen) atoms. The Hall–Kier alpha value is -2.22. The third-order valence-electron chi connectivity index (χ3n) is 3.08. The molecule has 98 valence electrons. The molecule has 2 rings (SSSR count). The van der Waals surface area contributed by atoms with Gasteiger partial charge >= 0.3 is 0 Å². The molecule has 0 aliphatic rings. The van der Waals surface area contributed by atoms with Gasteiger partial charge in [-0.25, -0.2) is 0 Å². The standard InChI is InChI=1S/C17H20N2/c1-13-7-9-17(10-8-13)19-12-16(18)11-15-6-4-3-5-14(15)2/h3-11,19H,12,18H2,1-2H3/b16-11-. The molecule has 0 unspecified atom stereocenters. The van der Waals surface area contributed by atoms with E-state index in [0.717, 1.165) is 11.4 Å². The van der Waals surface area contributed by atoms with Crippen LogP contribution in [0.2, 0.25) is 0 Å². The van der Waals surface area contributed by atoms with Gasteiger partial charge in [-0.2, -0.15) is 0 Å². The second-order valence-electron chi connectivity index (χ2n) is 4.80. The Kier molecular flexibility index (Phi) is 4.24. The zero-order valence-electron chi connectivity index (χ0n) is 11.5. The normalized spacial score (nSPS) is 11.4. The van der Waals surface area contributed by atoms with Gasteiger partial charge < -0.3 is 11.1 Å². The van der Waals surface area contributed by atoms with Crippen LogP contribution in [0.3, 0.4) is 0 Å². The molecule has 2 aromatic carbocycles. The van der Waals surface area contributed by atoms with Crippen molar-refractivity contribution in [3.63, 3.8) is 0 Å². The Balaban J connectivity index is 1.99. The maximum absolute atomic E-state index is 6.05. The highest BCUT2D eigenvalue weighted by molar-refractivity contribution is 5.57. The molecule has 0 saturated heterocycles. The van der Waals surface area contributed by atoms with Crippen LogP contribution in [0.5, 0.6) is 0 Å². The summed E-state index contributed by atoms with van der Waals surface area (Å²) in [7, 11) is 0. The molecule has 0 amide bonds. The van der Waals surface area contributed by atoms with Gasteiger partial charge in [-0.1, -0.05) is 42.0 Å². The summed E-state index contributed by atoms with van der Waals surface area (Å²) >= 11 is 0. The van der Waals surface area contributed by atoms with Crippen LogP contribution in [0, 0.1) is 13.8 Å². The minimum absolute atomic E-state index is 0.650. The lowest BCUT2D eigenvalue weighted by Gasteiger charge is -2.08. The van der Waals surface area contributed by atoms with Gasteiger partial charge in [-0.05, 0) is 43.2 Å². The first-order chi connectivity index (χ1) is 9.15. The zero-order chi connectivity index (χ0) is 13.7. The fourth-order valence-electron chi connectivity index (χ4n) is 1.88. The average Bonchev–Trinajstić information content (AvgIpc) is 2.41. The minimum Gasteiger partial charge on any atom is -0.401 e. The first-order valence-electron chi connectivity index (χ1n) is 6.47. The van der Waals surface area contributed by atoms with Crippen molar-refractivity contribution in [1.29, 1.82) is 0 Å². The van der Waals surface area contributed by atoms with Crippen LogP contribution < -0.4 is 11.1 Å². The molecule has 3 N–H and O–H groups in total. The summed E-state index contributed by atoms with van der Waals surface area (Å²) < 4.78 is 0. The van der Waals surface area contributed by atoms with Crippen LogP contribution in [-0.4, -0.2) is 6.54 Å². The van der Waals surface area contributed by atoms with Crippen molar-refractivity contribution in [2.75, 3.05) is 11.9 Å². The number of aryl methyl sites for hydroxylation is 2. The van der Waals surface area contributed by atoms with Crippen molar-refractivity contribution in [2.24, 2.45) is 5.73 Å². The number of nitrogens with two attached hydrogens (primary N) is 1. The molecule has 0 aliphatic heterocycles. The van der Waals surface area contributed by atoms with Gasteiger partial charge in [0.15, 0.2) is 0 Å². The average molecular weight is 252 g/mol. The van der Waals surface area contributed by atoms with Crippen LogP contribution in [0.1, 0.15) is 16.7 Å². The van der Waals surface area contributed by atoms with Gasteiger partial charge in [0.05, 0.1) is 6.54 Å². The lowest BCUT2D eigenvalue weighted by atomic mass is 10.1. The van der Waals surface area contributed by atoms with Crippen molar-refractivity contribution in [3.8, 4) is 0 Å². The monoisotopic (exact) mass is 252 g/mol. The van der Waals surface area contributed by atoms with E-state index in [4.69, 9.17) is 5.73 Å². The van der Waals surface area contributed by atoms with Crippen molar-refractivity contribution in [3.05, 3.63) is 70.9 Å². The molecule has 2 heteroatoms. The second-order valence-corrected chi connectivity index (χ2v) is 4.80. The summed E-state index contributed by atoms with van der Waals surface area (Å²) in [4.78, 5) is 0. The molecule has 2 nitrogen and oxygen atoms in total. The molecule has 2 aromatic rings. The Labute approximate surface area is 115 Å². The maximum atomic E-state index is 6.05. The number of benzene rings is 2. The Bertz CT molecular complexity index is 568. The predicted molar refractivity (Wildman–Crippen MR) is 83.0 cm³/mol. The molecular weight excluding hydrogens is 232 g/mol. The van der Waals surface area contributed by atoms with E-state index < -0.39 is 0 Å². The van der Waals surface area contributed by atoms with Gasteiger partial charge in [0.1, 0.15) is 0 Å². The summed E-state index contributed by atoms with van der Waals surface area (Å²) in [5, 5.41) is 3.32. The van der Waals surface area contributed by atoms with Crippen molar-refractivity contribution in [1.82, 2.24) is 0 Å². The third kappa shape index (κ3) is 3.88. The summed E-state index contributed by atoms with van der Waals surface area (Å²) in [6, 6.07) is 16.5. The molecule has 0 aliphatic carbocycles. The zero-order valence-corrected chi connectivity index (χ0v) is 11.5. The highest BCUT2D eigenvalue weighted by Gasteiger charge is 1.96. The summed E-state index contributed by atoms with van der Waals surface area (Å²) in [6.45, 7) is 4.82. The molecule has 0 bridgehead atoms. The first kappa shape index (κ1) is 13.2. The first-order valence-corrected chi connectivity index (χ1v) is 6.47. The van der Waals surface area contributed by atoms with Crippen LogP contribution in [0.4, 0.5) is 5.69 Å². The van der Waals surface area contributed by atoms with Crippen molar-refractivity contribution in [2.45, 2.75) is 13.8 Å². The van der Waals surface area contributed by atoms with Crippen LogP contribution in [0.25, 0.3) is 6.08 Å². The smallest absolute Gasteiger partial charge is 0.0546 e. The summed E-state index contributed by atoms with van der Waals surface area (Å²) in [5.74, 6) is 0. The third-order valence-corrected chi connectivity index (χ3v) is 3.08. The number of anilines is 1. The van der Waals surface area contributed by atoms with Crippen molar-refractivity contribution >= 4 is 11.8 Å². The SMILES string of the molecule is Cc1ccc(NC/C(N)=C/c2ccccc2C)cc1. The Morgan fingerprint density at radius 3 is 2.42 bits per heavy atom. The number of hydrogen-bond acceptors (Lipinski definition) is 2. The van der Waals surface area contributed by atoms with Crippen LogP contribution in [0.15, 0.2) is 54.2 Å². The minimum atomic E-state index is 0.650. The predicted octanol–water partition coefficient (Wildman–Crippen LogP) is 3.72. The highest BCUT2D eigenvalue weighted by Crippen LogP contribution is 2.12. The van der Waals surface area contributed by atoms with Gasteiger partial charge in [0.25, 0.3) is 0 Å². The maximum Gasteiger partial charge on any atom is 0.0546 e. The molecule has 0 aromatic heterocycles. The highest BCUT2D eigenvalue weighted by atomic mass is 14.9. The molecule has 0 radical (unpaired) electrons. The van der Waals surface area contributed by atoms with Gasteiger partial charge in [0, 0.05) is 11.4 Å². The lowest BCUT2D eigenvalue weighted by Crippen LogP contribution is -2.11. The van der Waals surface area contributed by atoms with Crippen LogP contribution >= 0.6 is 0 Å². The Morgan fingerprint density at radius 2 is 1.74 bits per heavy atom.